The van der Waals surface area contributed by atoms with Gasteiger partial charge in [0.05, 0.1) is 0 Å². The molecule has 0 bridgehead atoms. The Morgan fingerprint density at radius 2 is 1.70 bits per heavy atom. The van der Waals surface area contributed by atoms with Crippen LogP contribution in [0.2, 0.25) is 0 Å². The molecule has 108 valence electrons. The van der Waals surface area contributed by atoms with E-state index < -0.39 is 0 Å². The van der Waals surface area contributed by atoms with Crippen LogP contribution in [-0.4, -0.2) is 4.98 Å². The lowest BCUT2D eigenvalue weighted by molar-refractivity contribution is 0.589. The van der Waals surface area contributed by atoms with E-state index in [2.05, 4.69) is 50.2 Å². The largest absolute Gasteiger partial charge is 0.361 e. The second-order valence-electron chi connectivity index (χ2n) is 7.44. The molecule has 1 heteroatoms. The summed E-state index contributed by atoms with van der Waals surface area (Å²) in [5.41, 5.74) is 4.54. The molecule has 20 heavy (non-hydrogen) atoms. The van der Waals surface area contributed by atoms with Crippen molar-refractivity contribution in [1.82, 2.24) is 4.98 Å². The SMILES string of the molecule is CC(C)(C)c1ccc2[nH]cc(C3CCCCCC3)c2c1. The summed E-state index contributed by atoms with van der Waals surface area (Å²) in [6, 6.07) is 6.96. The molecule has 0 unspecified atom stereocenters. The van der Waals surface area contributed by atoms with Crippen LogP contribution in [0.15, 0.2) is 24.4 Å². The summed E-state index contributed by atoms with van der Waals surface area (Å²) in [6.45, 7) is 6.89. The lowest BCUT2D eigenvalue weighted by Gasteiger charge is -2.20. The summed E-state index contributed by atoms with van der Waals surface area (Å²) in [4.78, 5) is 3.48. The molecule has 1 heterocycles. The van der Waals surface area contributed by atoms with Gasteiger partial charge < -0.3 is 4.98 Å². The average molecular weight is 269 g/mol. The van der Waals surface area contributed by atoms with Crippen molar-refractivity contribution in [2.45, 2.75) is 70.6 Å². The van der Waals surface area contributed by atoms with E-state index in [0.717, 1.165) is 5.92 Å². The first-order chi connectivity index (χ1) is 9.55. The first-order valence-corrected chi connectivity index (χ1v) is 8.17. The highest BCUT2D eigenvalue weighted by atomic mass is 14.7. The topological polar surface area (TPSA) is 15.8 Å². The Bertz CT molecular complexity index is 577. The molecule has 1 N–H and O–H groups in total. The van der Waals surface area contributed by atoms with E-state index in [-0.39, 0.29) is 5.41 Å². The van der Waals surface area contributed by atoms with Crippen LogP contribution in [0.3, 0.4) is 0 Å². The first kappa shape index (κ1) is 13.7. The van der Waals surface area contributed by atoms with Crippen LogP contribution in [0, 0.1) is 0 Å². The van der Waals surface area contributed by atoms with Crippen LogP contribution < -0.4 is 0 Å². The standard InChI is InChI=1S/C19H27N/c1-19(2,3)15-10-11-18-16(12-15)17(13-20-18)14-8-6-4-5-7-9-14/h10-14,20H,4-9H2,1-3H3. The number of aromatic nitrogens is 1. The van der Waals surface area contributed by atoms with Gasteiger partial charge in [-0.25, -0.2) is 0 Å². The zero-order valence-electron chi connectivity index (χ0n) is 13.1. The average Bonchev–Trinajstić information content (AvgIpc) is 2.64. The Morgan fingerprint density at radius 3 is 2.35 bits per heavy atom. The number of hydrogen-bond donors (Lipinski definition) is 1. The number of hydrogen-bond acceptors (Lipinski definition) is 0. The van der Waals surface area contributed by atoms with Gasteiger partial charge in [-0.15, -0.1) is 0 Å². The van der Waals surface area contributed by atoms with Gasteiger partial charge in [-0.05, 0) is 47.4 Å². The van der Waals surface area contributed by atoms with Crippen LogP contribution >= 0.6 is 0 Å². The number of rotatable bonds is 1. The zero-order chi connectivity index (χ0) is 14.2. The molecule has 1 aliphatic rings. The van der Waals surface area contributed by atoms with E-state index in [1.807, 2.05) is 0 Å². The third-order valence-electron chi connectivity index (χ3n) is 4.87. The second-order valence-corrected chi connectivity index (χ2v) is 7.44. The summed E-state index contributed by atoms with van der Waals surface area (Å²) in [6.07, 6.45) is 10.7. The van der Waals surface area contributed by atoms with Crippen molar-refractivity contribution in [2.75, 3.05) is 0 Å². The highest BCUT2D eigenvalue weighted by Gasteiger charge is 2.20. The predicted molar refractivity (Wildman–Crippen MR) is 87.4 cm³/mol. The third-order valence-corrected chi connectivity index (χ3v) is 4.87. The molecule has 1 aliphatic carbocycles. The first-order valence-electron chi connectivity index (χ1n) is 8.17. The van der Waals surface area contributed by atoms with E-state index in [0.29, 0.717) is 0 Å². The van der Waals surface area contributed by atoms with E-state index >= 15 is 0 Å². The molecule has 1 saturated carbocycles. The highest BCUT2D eigenvalue weighted by Crippen LogP contribution is 2.37. The molecule has 0 radical (unpaired) electrons. The summed E-state index contributed by atoms with van der Waals surface area (Å²) >= 11 is 0. The van der Waals surface area contributed by atoms with Crippen molar-refractivity contribution in [3.05, 3.63) is 35.5 Å². The quantitative estimate of drug-likeness (QED) is 0.620. The zero-order valence-corrected chi connectivity index (χ0v) is 13.1. The maximum absolute atomic E-state index is 3.48. The molecule has 1 aromatic heterocycles. The molecule has 0 amide bonds. The maximum atomic E-state index is 3.48. The third kappa shape index (κ3) is 2.63. The molecule has 2 aromatic rings. The van der Waals surface area contributed by atoms with Crippen LogP contribution in [0.4, 0.5) is 0 Å². The molecular formula is C19H27N. The van der Waals surface area contributed by atoms with Crippen LogP contribution in [0.1, 0.15) is 76.3 Å². The van der Waals surface area contributed by atoms with Crippen LogP contribution in [-0.2, 0) is 5.41 Å². The summed E-state index contributed by atoms with van der Waals surface area (Å²) in [5.74, 6) is 0.765. The van der Waals surface area contributed by atoms with Gasteiger partial charge in [0.2, 0.25) is 0 Å². The van der Waals surface area contributed by atoms with E-state index in [1.165, 1.54) is 55.0 Å². The van der Waals surface area contributed by atoms with Gasteiger partial charge in [0.25, 0.3) is 0 Å². The summed E-state index contributed by atoms with van der Waals surface area (Å²) in [5, 5.41) is 1.46. The molecule has 1 nitrogen and oxygen atoms in total. The van der Waals surface area contributed by atoms with Crippen LogP contribution in [0.5, 0.6) is 0 Å². The van der Waals surface area contributed by atoms with Gasteiger partial charge in [0.1, 0.15) is 0 Å². The predicted octanol–water partition coefficient (Wildman–Crippen LogP) is 5.90. The maximum Gasteiger partial charge on any atom is 0.0457 e. The number of H-pyrrole nitrogens is 1. The molecule has 0 saturated heterocycles. The Labute approximate surface area is 122 Å². The molecule has 3 rings (SSSR count). The Morgan fingerprint density at radius 1 is 1.00 bits per heavy atom. The molecule has 0 spiro atoms. The summed E-state index contributed by atoms with van der Waals surface area (Å²) < 4.78 is 0. The van der Waals surface area contributed by atoms with E-state index in [9.17, 15) is 0 Å². The van der Waals surface area contributed by atoms with Crippen molar-refractivity contribution in [3.63, 3.8) is 0 Å². The molecule has 0 aliphatic heterocycles. The minimum Gasteiger partial charge on any atom is -0.361 e. The smallest absolute Gasteiger partial charge is 0.0457 e. The van der Waals surface area contributed by atoms with Crippen molar-refractivity contribution in [3.8, 4) is 0 Å². The molecule has 1 aromatic carbocycles. The Hall–Kier alpha value is -1.24. The molecule has 1 fully saturated rings. The van der Waals surface area contributed by atoms with Gasteiger partial charge in [-0.1, -0.05) is 52.5 Å². The van der Waals surface area contributed by atoms with Gasteiger partial charge in [0.15, 0.2) is 0 Å². The van der Waals surface area contributed by atoms with Gasteiger partial charge >= 0.3 is 0 Å². The number of benzene rings is 1. The minimum absolute atomic E-state index is 0.228. The molecular weight excluding hydrogens is 242 g/mol. The van der Waals surface area contributed by atoms with Gasteiger partial charge in [0, 0.05) is 17.1 Å². The van der Waals surface area contributed by atoms with E-state index in [1.54, 1.807) is 5.56 Å². The fraction of sp³-hybridized carbons (Fsp3) is 0.579. The Balaban J connectivity index is 2.02. The Kier molecular flexibility index (Phi) is 3.62. The number of aromatic amines is 1. The number of fused-ring (bicyclic) bond motifs is 1. The van der Waals surface area contributed by atoms with Crippen molar-refractivity contribution < 1.29 is 0 Å². The fourth-order valence-corrected chi connectivity index (χ4v) is 3.54. The van der Waals surface area contributed by atoms with E-state index in [4.69, 9.17) is 0 Å². The van der Waals surface area contributed by atoms with Crippen molar-refractivity contribution >= 4 is 10.9 Å². The monoisotopic (exact) mass is 269 g/mol. The van der Waals surface area contributed by atoms with Crippen LogP contribution in [0.25, 0.3) is 10.9 Å². The van der Waals surface area contributed by atoms with Gasteiger partial charge in [-0.2, -0.15) is 0 Å². The fourth-order valence-electron chi connectivity index (χ4n) is 3.54. The van der Waals surface area contributed by atoms with Gasteiger partial charge in [-0.3, -0.25) is 0 Å². The normalized spacial score (nSPS) is 18.4. The van der Waals surface area contributed by atoms with Crippen molar-refractivity contribution in [1.29, 1.82) is 0 Å². The summed E-state index contributed by atoms with van der Waals surface area (Å²) in [7, 11) is 0. The lowest BCUT2D eigenvalue weighted by atomic mass is 9.85. The lowest BCUT2D eigenvalue weighted by Crippen LogP contribution is -2.10. The number of nitrogens with one attached hydrogen (secondary N) is 1. The highest BCUT2D eigenvalue weighted by molar-refractivity contribution is 5.84. The molecule has 0 atom stereocenters. The van der Waals surface area contributed by atoms with Crippen molar-refractivity contribution in [2.24, 2.45) is 0 Å². The minimum atomic E-state index is 0.228. The second kappa shape index (κ2) is 5.27.